The summed E-state index contributed by atoms with van der Waals surface area (Å²) in [7, 11) is 0. The number of thiophene rings is 2. The van der Waals surface area contributed by atoms with Crippen LogP contribution in [0.2, 0.25) is 0 Å². The zero-order valence-electron chi connectivity index (χ0n) is 20.1. The first-order chi connectivity index (χ1) is 15.5. The van der Waals surface area contributed by atoms with Crippen molar-refractivity contribution in [2.24, 2.45) is 10.8 Å². The summed E-state index contributed by atoms with van der Waals surface area (Å²) < 4.78 is 6.25. The average Bonchev–Trinajstić information content (AvgIpc) is 3.45. The van der Waals surface area contributed by atoms with Crippen LogP contribution in [0, 0.1) is 10.8 Å². The molecular formula is C29H30O2S2. The highest BCUT2D eigenvalue weighted by atomic mass is 32.1. The normalized spacial score (nSPS) is 17.1. The van der Waals surface area contributed by atoms with Crippen LogP contribution in [0.5, 0.6) is 0 Å². The van der Waals surface area contributed by atoms with Crippen LogP contribution in [0.25, 0.3) is 11.5 Å². The molecule has 2 nitrogen and oxygen atoms in total. The van der Waals surface area contributed by atoms with Crippen LogP contribution in [0.1, 0.15) is 51.3 Å². The highest BCUT2D eigenvalue weighted by Crippen LogP contribution is 2.39. The maximum Gasteiger partial charge on any atom is 0.186 e. The Kier molecular flexibility index (Phi) is 6.35. The van der Waals surface area contributed by atoms with E-state index < -0.39 is 0 Å². The van der Waals surface area contributed by atoms with Crippen molar-refractivity contribution in [1.29, 1.82) is 0 Å². The minimum absolute atomic E-state index is 0.158. The number of allylic oxidation sites excluding steroid dienone is 10. The van der Waals surface area contributed by atoms with Crippen molar-refractivity contribution in [1.82, 2.24) is 0 Å². The molecule has 0 spiro atoms. The smallest absolute Gasteiger partial charge is 0.186 e. The number of ether oxygens (including phenoxy) is 1. The van der Waals surface area contributed by atoms with Gasteiger partial charge in [-0.15, -0.1) is 22.7 Å². The largest absolute Gasteiger partial charge is 0.454 e. The second-order valence-corrected chi connectivity index (χ2v) is 12.2. The Balaban J connectivity index is 1.78. The zero-order chi connectivity index (χ0) is 23.8. The Labute approximate surface area is 205 Å². The molecule has 3 heterocycles. The first-order valence-electron chi connectivity index (χ1n) is 11.1. The van der Waals surface area contributed by atoms with Crippen molar-refractivity contribution in [2.45, 2.75) is 41.5 Å². The number of carbonyl (C=O) groups excluding carboxylic acids is 1. The monoisotopic (exact) mass is 474 g/mol. The molecule has 4 heteroatoms. The summed E-state index contributed by atoms with van der Waals surface area (Å²) >= 11 is 3.33. The second kappa shape index (κ2) is 8.92. The van der Waals surface area contributed by atoms with Gasteiger partial charge in [0.1, 0.15) is 11.5 Å². The van der Waals surface area contributed by atoms with E-state index in [2.05, 4.69) is 88.7 Å². The van der Waals surface area contributed by atoms with Crippen LogP contribution < -0.4 is 0 Å². The molecule has 2 aromatic rings. The van der Waals surface area contributed by atoms with Gasteiger partial charge in [0.05, 0.1) is 9.75 Å². The molecule has 33 heavy (non-hydrogen) atoms. The van der Waals surface area contributed by atoms with Crippen molar-refractivity contribution in [2.75, 3.05) is 0 Å². The van der Waals surface area contributed by atoms with Gasteiger partial charge in [0.15, 0.2) is 5.78 Å². The van der Waals surface area contributed by atoms with E-state index in [-0.39, 0.29) is 16.6 Å². The minimum atomic E-state index is -0.217. The topological polar surface area (TPSA) is 26.3 Å². The van der Waals surface area contributed by atoms with Crippen molar-refractivity contribution in [3.8, 4) is 0 Å². The molecule has 0 saturated heterocycles. The standard InChI is InChI=1S/C29H30O2S2/c1-28(2,3)21-15-19(16-22(27(21)30)29(4,5)6)11-12-20-17-23(25-9-7-13-32-25)31-24(18-20)26-10-8-14-33-26/h7-18H,1-6H3. The lowest BCUT2D eigenvalue weighted by Crippen LogP contribution is -2.27. The van der Waals surface area contributed by atoms with Crippen molar-refractivity contribution >= 4 is 40.0 Å². The summed E-state index contributed by atoms with van der Waals surface area (Å²) in [5.41, 5.74) is 3.39. The van der Waals surface area contributed by atoms with E-state index in [1.807, 2.05) is 24.3 Å². The fraction of sp³-hybridized carbons (Fsp3) is 0.276. The third-order valence-electron chi connectivity index (χ3n) is 5.54. The molecule has 0 saturated carbocycles. The lowest BCUT2D eigenvalue weighted by molar-refractivity contribution is -0.114. The SMILES string of the molecule is CC(C)(C)C1=CC(=CC=C2C=C(c3cccs3)OC(c3cccs3)=C2)C=C(C(C)(C)C)C1=O. The summed E-state index contributed by atoms with van der Waals surface area (Å²) in [4.78, 5) is 15.4. The Morgan fingerprint density at radius 2 is 1.12 bits per heavy atom. The van der Waals surface area contributed by atoms with Crippen molar-refractivity contribution < 1.29 is 9.53 Å². The predicted molar refractivity (Wildman–Crippen MR) is 142 cm³/mol. The lowest BCUT2D eigenvalue weighted by atomic mass is 9.72. The van der Waals surface area contributed by atoms with Gasteiger partial charge < -0.3 is 4.74 Å². The van der Waals surface area contributed by atoms with Crippen LogP contribution in [0.15, 0.2) is 93.8 Å². The van der Waals surface area contributed by atoms with Gasteiger partial charge in [-0.2, -0.15) is 0 Å². The fourth-order valence-electron chi connectivity index (χ4n) is 3.75. The molecule has 0 bridgehead atoms. The fourth-order valence-corrected chi connectivity index (χ4v) is 5.11. The summed E-state index contributed by atoms with van der Waals surface area (Å²) in [6.07, 6.45) is 12.5. The van der Waals surface area contributed by atoms with E-state index in [0.29, 0.717) is 0 Å². The molecule has 2 aromatic heterocycles. The number of ketones is 1. The molecule has 4 rings (SSSR count). The van der Waals surface area contributed by atoms with Gasteiger partial charge in [-0.25, -0.2) is 0 Å². The molecule has 1 aliphatic heterocycles. The maximum absolute atomic E-state index is 13.2. The third kappa shape index (κ3) is 5.29. The van der Waals surface area contributed by atoms with Crippen LogP contribution in [-0.4, -0.2) is 5.78 Å². The summed E-state index contributed by atoms with van der Waals surface area (Å²) in [5, 5.41) is 4.12. The van der Waals surface area contributed by atoms with E-state index >= 15 is 0 Å². The molecule has 0 radical (unpaired) electrons. The molecule has 0 atom stereocenters. The van der Waals surface area contributed by atoms with Gasteiger partial charge in [-0.3, -0.25) is 4.79 Å². The number of hydrogen-bond acceptors (Lipinski definition) is 4. The van der Waals surface area contributed by atoms with Gasteiger partial charge >= 0.3 is 0 Å². The number of hydrogen-bond donors (Lipinski definition) is 0. The summed E-state index contributed by atoms with van der Waals surface area (Å²) in [5.74, 6) is 1.87. The molecular weight excluding hydrogens is 444 g/mol. The molecule has 2 aliphatic rings. The third-order valence-corrected chi connectivity index (χ3v) is 7.31. The van der Waals surface area contributed by atoms with Crippen molar-refractivity contribution in [3.05, 3.63) is 104 Å². The van der Waals surface area contributed by atoms with Crippen molar-refractivity contribution in [3.63, 3.8) is 0 Å². The maximum atomic E-state index is 13.2. The van der Waals surface area contributed by atoms with Gasteiger partial charge in [-0.1, -0.05) is 65.8 Å². The Morgan fingerprint density at radius 3 is 1.48 bits per heavy atom. The highest BCUT2D eigenvalue weighted by molar-refractivity contribution is 7.11. The molecule has 0 N–H and O–H groups in total. The minimum Gasteiger partial charge on any atom is -0.454 e. The first-order valence-corrected chi connectivity index (χ1v) is 12.9. The second-order valence-electron chi connectivity index (χ2n) is 10.4. The van der Waals surface area contributed by atoms with Gasteiger partial charge in [0, 0.05) is 11.1 Å². The van der Waals surface area contributed by atoms with Gasteiger partial charge in [0.2, 0.25) is 0 Å². The van der Waals surface area contributed by atoms with E-state index in [1.165, 1.54) is 0 Å². The molecule has 0 aromatic carbocycles. The molecule has 170 valence electrons. The first kappa shape index (κ1) is 23.5. The summed E-state index contributed by atoms with van der Waals surface area (Å²) in [6, 6.07) is 8.23. The molecule has 0 unspecified atom stereocenters. The Bertz CT molecular complexity index is 1140. The molecule has 1 aliphatic carbocycles. The van der Waals surface area contributed by atoms with Gasteiger partial charge in [-0.05, 0) is 69.2 Å². The van der Waals surface area contributed by atoms with E-state index in [0.717, 1.165) is 43.6 Å². The summed E-state index contributed by atoms with van der Waals surface area (Å²) in [6.45, 7) is 12.6. The quantitative estimate of drug-likeness (QED) is 0.445. The highest BCUT2D eigenvalue weighted by Gasteiger charge is 2.33. The lowest BCUT2D eigenvalue weighted by Gasteiger charge is -2.31. The van der Waals surface area contributed by atoms with Crippen LogP contribution in [-0.2, 0) is 9.53 Å². The number of rotatable bonds is 3. The van der Waals surface area contributed by atoms with E-state index in [1.54, 1.807) is 22.7 Å². The Morgan fingerprint density at radius 1 is 0.697 bits per heavy atom. The van der Waals surface area contributed by atoms with Crippen LogP contribution in [0.3, 0.4) is 0 Å². The van der Waals surface area contributed by atoms with Crippen LogP contribution in [0.4, 0.5) is 0 Å². The van der Waals surface area contributed by atoms with Crippen LogP contribution >= 0.6 is 22.7 Å². The zero-order valence-corrected chi connectivity index (χ0v) is 21.7. The average molecular weight is 475 g/mol. The molecule has 0 amide bonds. The number of carbonyl (C=O) groups is 1. The predicted octanol–water partition coefficient (Wildman–Crippen LogP) is 8.60. The van der Waals surface area contributed by atoms with E-state index in [9.17, 15) is 4.79 Å². The van der Waals surface area contributed by atoms with E-state index in [4.69, 9.17) is 4.74 Å². The number of Topliss-reactive ketones (excluding diaryl/α,β-unsaturated/α-hetero) is 1. The van der Waals surface area contributed by atoms with Gasteiger partial charge in [0.25, 0.3) is 0 Å². The molecule has 0 fully saturated rings. The Hall–Kier alpha value is -2.69.